The molecule has 0 aliphatic carbocycles. The maximum atomic E-state index is 13.5. The molecule has 1 aliphatic rings. The van der Waals surface area contributed by atoms with Crippen molar-refractivity contribution in [3.8, 4) is 17.2 Å². The smallest absolute Gasteiger partial charge is 0.268 e. The van der Waals surface area contributed by atoms with Crippen molar-refractivity contribution in [3.05, 3.63) is 87.4 Å². The number of nitrogens with one attached hydrogen (secondary N) is 1. The molecule has 0 spiro atoms. The van der Waals surface area contributed by atoms with E-state index in [0.29, 0.717) is 55.5 Å². The first-order chi connectivity index (χ1) is 17.0. The lowest BCUT2D eigenvalue weighted by atomic mass is 10.1. The molecule has 174 valence electrons. The fourth-order valence-corrected chi connectivity index (χ4v) is 4.64. The Hall–Kier alpha value is -4.30. The largest absolute Gasteiger partial charge is 0.454 e. The first kappa shape index (κ1) is 21.2. The summed E-state index contributed by atoms with van der Waals surface area (Å²) in [5.41, 5.74) is 2.73. The molecule has 1 N–H and O–H groups in total. The van der Waals surface area contributed by atoms with Crippen LogP contribution in [0.2, 0.25) is 5.02 Å². The van der Waals surface area contributed by atoms with Gasteiger partial charge in [-0.15, -0.1) is 0 Å². The normalized spacial score (nSPS) is 12.4. The molecule has 0 saturated carbocycles. The van der Waals surface area contributed by atoms with Gasteiger partial charge in [0.1, 0.15) is 16.7 Å². The van der Waals surface area contributed by atoms with E-state index in [4.69, 9.17) is 25.6 Å². The van der Waals surface area contributed by atoms with Gasteiger partial charge in [-0.3, -0.25) is 14.2 Å². The summed E-state index contributed by atoms with van der Waals surface area (Å²) < 4.78 is 17.6. The average molecular weight is 488 g/mol. The third-order valence-corrected chi connectivity index (χ3v) is 6.25. The highest BCUT2D eigenvalue weighted by atomic mass is 35.5. The molecule has 0 saturated heterocycles. The van der Waals surface area contributed by atoms with Gasteiger partial charge in [0, 0.05) is 22.8 Å². The van der Waals surface area contributed by atoms with E-state index < -0.39 is 0 Å². The fraction of sp³-hybridized carbons (Fsp3) is 0.115. The van der Waals surface area contributed by atoms with Gasteiger partial charge >= 0.3 is 0 Å². The maximum Gasteiger partial charge on any atom is 0.268 e. The van der Waals surface area contributed by atoms with Crippen molar-refractivity contribution in [3.63, 3.8) is 0 Å². The summed E-state index contributed by atoms with van der Waals surface area (Å²) in [4.78, 5) is 26.3. The van der Waals surface area contributed by atoms with Gasteiger partial charge in [0.05, 0.1) is 17.0 Å². The van der Waals surface area contributed by atoms with E-state index in [2.05, 4.69) is 10.5 Å². The van der Waals surface area contributed by atoms with E-state index in [-0.39, 0.29) is 24.7 Å². The quantitative estimate of drug-likeness (QED) is 0.383. The lowest BCUT2D eigenvalue weighted by molar-refractivity contribution is -0.115. The topological polar surface area (TPSA) is 95.6 Å². The zero-order chi connectivity index (χ0) is 24.1. The zero-order valence-electron chi connectivity index (χ0n) is 18.5. The summed E-state index contributed by atoms with van der Waals surface area (Å²) in [6, 6.07) is 17.9. The monoisotopic (exact) mass is 487 g/mol. The number of benzene rings is 3. The molecule has 1 amide bonds. The Morgan fingerprint density at radius 3 is 2.77 bits per heavy atom. The summed E-state index contributed by atoms with van der Waals surface area (Å²) in [6.07, 6.45) is 0.115. The van der Waals surface area contributed by atoms with Crippen LogP contribution in [-0.2, 0) is 11.2 Å². The highest BCUT2D eigenvalue weighted by Crippen LogP contribution is 2.34. The molecule has 3 heterocycles. The number of carbonyl (C=O) groups is 1. The Kier molecular flexibility index (Phi) is 4.96. The van der Waals surface area contributed by atoms with Crippen molar-refractivity contribution >= 4 is 45.0 Å². The van der Waals surface area contributed by atoms with Gasteiger partial charge in [-0.25, -0.2) is 0 Å². The molecule has 0 fully saturated rings. The highest BCUT2D eigenvalue weighted by Gasteiger charge is 2.20. The van der Waals surface area contributed by atoms with Gasteiger partial charge < -0.3 is 19.3 Å². The predicted octanol–water partition coefficient (Wildman–Crippen LogP) is 5.00. The zero-order valence-corrected chi connectivity index (χ0v) is 19.3. The molecule has 35 heavy (non-hydrogen) atoms. The van der Waals surface area contributed by atoms with E-state index in [1.165, 1.54) is 0 Å². The molecule has 2 aromatic heterocycles. The molecule has 6 rings (SSSR count). The number of carbonyl (C=O) groups excluding carboxylic acids is 1. The van der Waals surface area contributed by atoms with E-state index >= 15 is 0 Å². The van der Waals surface area contributed by atoms with Crippen molar-refractivity contribution in [1.29, 1.82) is 0 Å². The Bertz CT molecular complexity index is 1710. The number of aromatic nitrogens is 2. The van der Waals surface area contributed by atoms with Crippen molar-refractivity contribution in [2.24, 2.45) is 0 Å². The van der Waals surface area contributed by atoms with Crippen LogP contribution in [0.3, 0.4) is 0 Å². The fourth-order valence-electron chi connectivity index (χ4n) is 4.38. The first-order valence-corrected chi connectivity index (χ1v) is 11.3. The van der Waals surface area contributed by atoms with Crippen LogP contribution < -0.4 is 20.3 Å². The summed E-state index contributed by atoms with van der Waals surface area (Å²) >= 11 is 6.50. The lowest BCUT2D eigenvalue weighted by Gasteiger charge is -2.13. The maximum absolute atomic E-state index is 13.5. The number of hydrogen-bond acceptors (Lipinski definition) is 6. The molecule has 0 radical (unpaired) electrons. The molecule has 9 heteroatoms. The summed E-state index contributed by atoms with van der Waals surface area (Å²) in [7, 11) is 0. The SMILES string of the molecule is Cc1onc2c1c(=O)n(-c1cccc(CC(=O)Nc3ccc4c(c3)OCO4)c1)c1cccc(Cl)c21. The summed E-state index contributed by atoms with van der Waals surface area (Å²) in [6.45, 7) is 1.86. The molecule has 0 atom stereocenters. The number of nitrogens with zero attached hydrogens (tertiary/aromatic N) is 2. The van der Waals surface area contributed by atoms with Gasteiger partial charge in [-0.1, -0.05) is 35.0 Å². The molecule has 3 aromatic carbocycles. The van der Waals surface area contributed by atoms with Crippen molar-refractivity contribution in [2.45, 2.75) is 13.3 Å². The highest BCUT2D eigenvalue weighted by molar-refractivity contribution is 6.37. The van der Waals surface area contributed by atoms with E-state index in [1.54, 1.807) is 41.8 Å². The predicted molar refractivity (Wildman–Crippen MR) is 132 cm³/mol. The van der Waals surface area contributed by atoms with Crippen molar-refractivity contribution in [2.75, 3.05) is 12.1 Å². The first-order valence-electron chi connectivity index (χ1n) is 10.9. The van der Waals surface area contributed by atoms with Crippen LogP contribution in [0.4, 0.5) is 5.69 Å². The number of hydrogen-bond donors (Lipinski definition) is 1. The van der Waals surface area contributed by atoms with Gasteiger partial charge in [0.25, 0.3) is 5.56 Å². The minimum Gasteiger partial charge on any atom is -0.454 e. The van der Waals surface area contributed by atoms with Crippen LogP contribution in [0.5, 0.6) is 11.5 Å². The Morgan fingerprint density at radius 1 is 1.06 bits per heavy atom. The second kappa shape index (κ2) is 8.18. The van der Waals surface area contributed by atoms with Gasteiger partial charge in [-0.05, 0) is 48.9 Å². The standard InChI is InChI=1S/C26H18ClN3O5/c1-14-23-25(29-35-14)24-18(27)6-3-7-19(24)30(26(23)32)17-5-2-4-15(10-17)11-22(31)28-16-8-9-20-21(12-16)34-13-33-20/h2-10,12H,11,13H2,1H3,(H,28,31). The average Bonchev–Trinajstić information content (AvgIpc) is 3.46. The summed E-state index contributed by atoms with van der Waals surface area (Å²) in [5, 5.41) is 8.42. The van der Waals surface area contributed by atoms with Crippen LogP contribution in [0.15, 0.2) is 70.0 Å². The number of ether oxygens (including phenoxy) is 2. The summed E-state index contributed by atoms with van der Waals surface area (Å²) in [5.74, 6) is 1.45. The van der Waals surface area contributed by atoms with Crippen LogP contribution in [0, 0.1) is 6.92 Å². The lowest BCUT2D eigenvalue weighted by Crippen LogP contribution is -2.20. The Labute approximate surface area is 203 Å². The number of pyridine rings is 1. The van der Waals surface area contributed by atoms with Crippen LogP contribution in [-0.4, -0.2) is 22.4 Å². The number of amides is 1. The van der Waals surface area contributed by atoms with Crippen LogP contribution in [0.25, 0.3) is 27.5 Å². The third-order valence-electron chi connectivity index (χ3n) is 5.94. The number of anilines is 1. The van der Waals surface area contributed by atoms with E-state index in [1.807, 2.05) is 30.3 Å². The molecule has 0 unspecified atom stereocenters. The molecule has 1 aliphatic heterocycles. The third kappa shape index (κ3) is 3.59. The minimum atomic E-state index is -0.268. The van der Waals surface area contributed by atoms with Crippen molar-refractivity contribution in [1.82, 2.24) is 9.72 Å². The number of aryl methyl sites for hydroxylation is 1. The molecule has 5 aromatic rings. The molecular formula is C26H18ClN3O5. The molecular weight excluding hydrogens is 470 g/mol. The Morgan fingerprint density at radius 2 is 1.89 bits per heavy atom. The van der Waals surface area contributed by atoms with Gasteiger partial charge in [-0.2, -0.15) is 0 Å². The Balaban J connectivity index is 1.37. The molecule has 8 nitrogen and oxygen atoms in total. The minimum absolute atomic E-state index is 0.115. The number of fused-ring (bicyclic) bond motifs is 4. The second-order valence-corrected chi connectivity index (χ2v) is 8.61. The van der Waals surface area contributed by atoms with Gasteiger partial charge in [0.15, 0.2) is 11.5 Å². The second-order valence-electron chi connectivity index (χ2n) is 8.20. The van der Waals surface area contributed by atoms with E-state index in [0.717, 1.165) is 5.56 Å². The number of rotatable bonds is 4. The van der Waals surface area contributed by atoms with Crippen LogP contribution >= 0.6 is 11.6 Å². The number of halogens is 1. The van der Waals surface area contributed by atoms with Gasteiger partial charge in [0.2, 0.25) is 12.7 Å². The van der Waals surface area contributed by atoms with Crippen molar-refractivity contribution < 1.29 is 18.8 Å². The van der Waals surface area contributed by atoms with Crippen LogP contribution in [0.1, 0.15) is 11.3 Å². The molecule has 0 bridgehead atoms. The van der Waals surface area contributed by atoms with E-state index in [9.17, 15) is 9.59 Å².